The van der Waals surface area contributed by atoms with Crippen molar-refractivity contribution < 1.29 is 0 Å². The second kappa shape index (κ2) is 9.39. The highest BCUT2D eigenvalue weighted by Crippen LogP contribution is 2.26. The molecule has 4 nitrogen and oxygen atoms in total. The summed E-state index contributed by atoms with van der Waals surface area (Å²) in [5, 5.41) is 7.14. The third-order valence-electron chi connectivity index (χ3n) is 5.65. The normalized spacial score (nSPS) is 22.5. The summed E-state index contributed by atoms with van der Waals surface area (Å²) >= 11 is 0. The molecule has 1 saturated heterocycles. The zero-order valence-electron chi connectivity index (χ0n) is 14.9. The van der Waals surface area contributed by atoms with E-state index in [2.05, 4.69) is 34.4 Å². The molecule has 128 valence electrons. The van der Waals surface area contributed by atoms with E-state index in [-0.39, 0.29) is 0 Å². The van der Waals surface area contributed by atoms with Crippen LogP contribution in [0, 0.1) is 5.92 Å². The number of hydrogen-bond donors (Lipinski definition) is 2. The Morgan fingerprint density at radius 1 is 1.09 bits per heavy atom. The van der Waals surface area contributed by atoms with Crippen LogP contribution in [0.25, 0.3) is 0 Å². The second-order valence-electron chi connectivity index (χ2n) is 7.03. The number of rotatable bonds is 6. The minimum Gasteiger partial charge on any atom is -0.356 e. The Labute approximate surface area is 137 Å². The third-order valence-corrected chi connectivity index (χ3v) is 5.65. The van der Waals surface area contributed by atoms with Crippen LogP contribution >= 0.6 is 0 Å². The summed E-state index contributed by atoms with van der Waals surface area (Å²) < 4.78 is 0. The summed E-state index contributed by atoms with van der Waals surface area (Å²) in [5.41, 5.74) is 0. The third kappa shape index (κ3) is 5.15. The van der Waals surface area contributed by atoms with Crippen LogP contribution in [-0.2, 0) is 0 Å². The predicted molar refractivity (Wildman–Crippen MR) is 95.4 cm³/mol. The molecule has 0 unspecified atom stereocenters. The maximum atomic E-state index is 4.40. The van der Waals surface area contributed by atoms with Crippen LogP contribution in [0.15, 0.2) is 4.99 Å². The van der Waals surface area contributed by atoms with Crippen molar-refractivity contribution in [1.82, 2.24) is 15.5 Å². The highest BCUT2D eigenvalue weighted by molar-refractivity contribution is 5.79. The summed E-state index contributed by atoms with van der Waals surface area (Å²) in [6.07, 6.45) is 10.7. The molecule has 0 spiro atoms. The Kier molecular flexibility index (Phi) is 7.50. The summed E-state index contributed by atoms with van der Waals surface area (Å²) in [4.78, 5) is 7.13. The molecule has 2 N–H and O–H groups in total. The lowest BCUT2D eigenvalue weighted by Crippen LogP contribution is -2.50. The predicted octanol–water partition coefficient (Wildman–Crippen LogP) is 2.99. The first-order valence-corrected chi connectivity index (χ1v) is 9.48. The number of nitrogens with zero attached hydrogens (tertiary/aromatic N) is 2. The highest BCUT2D eigenvalue weighted by Gasteiger charge is 2.27. The molecule has 0 bridgehead atoms. The van der Waals surface area contributed by atoms with Gasteiger partial charge in [-0.1, -0.05) is 39.5 Å². The van der Waals surface area contributed by atoms with Crippen molar-refractivity contribution in [1.29, 1.82) is 0 Å². The molecule has 2 fully saturated rings. The van der Waals surface area contributed by atoms with E-state index in [0.29, 0.717) is 6.04 Å². The van der Waals surface area contributed by atoms with Crippen molar-refractivity contribution in [2.24, 2.45) is 10.9 Å². The molecule has 0 aromatic rings. The van der Waals surface area contributed by atoms with Gasteiger partial charge in [0.15, 0.2) is 5.96 Å². The molecule has 1 aliphatic carbocycles. The number of guanidine groups is 1. The minimum atomic E-state index is 0.588. The van der Waals surface area contributed by atoms with Gasteiger partial charge in [-0.3, -0.25) is 4.99 Å². The molecule has 0 aromatic heterocycles. The standard InChI is InChI=1S/C18H36N4/c1-4-15(5-2)14-20-18(19-3)21-16-10-12-22(13-11-16)17-8-6-7-9-17/h15-17H,4-14H2,1-3H3,(H2,19,20,21). The minimum absolute atomic E-state index is 0.588. The molecule has 22 heavy (non-hydrogen) atoms. The van der Waals surface area contributed by atoms with Gasteiger partial charge in [0.25, 0.3) is 0 Å². The molecule has 1 saturated carbocycles. The van der Waals surface area contributed by atoms with Crippen molar-refractivity contribution in [2.75, 3.05) is 26.7 Å². The van der Waals surface area contributed by atoms with Gasteiger partial charge in [0.05, 0.1) is 0 Å². The fourth-order valence-corrected chi connectivity index (χ4v) is 3.88. The number of likely N-dealkylation sites (tertiary alicyclic amines) is 1. The lowest BCUT2D eigenvalue weighted by molar-refractivity contribution is 0.150. The summed E-state index contributed by atoms with van der Waals surface area (Å²) in [6.45, 7) is 8.08. The van der Waals surface area contributed by atoms with Crippen LogP contribution in [0.4, 0.5) is 0 Å². The van der Waals surface area contributed by atoms with Gasteiger partial charge < -0.3 is 15.5 Å². The van der Waals surface area contributed by atoms with E-state index >= 15 is 0 Å². The Balaban J connectivity index is 1.69. The highest BCUT2D eigenvalue weighted by atomic mass is 15.2. The van der Waals surface area contributed by atoms with E-state index < -0.39 is 0 Å². The van der Waals surface area contributed by atoms with Gasteiger partial charge in [0, 0.05) is 38.8 Å². The number of nitrogens with one attached hydrogen (secondary N) is 2. The first-order valence-electron chi connectivity index (χ1n) is 9.48. The van der Waals surface area contributed by atoms with Crippen LogP contribution in [0.1, 0.15) is 65.2 Å². The fourth-order valence-electron chi connectivity index (χ4n) is 3.88. The van der Waals surface area contributed by atoms with E-state index in [0.717, 1.165) is 24.5 Å². The monoisotopic (exact) mass is 308 g/mol. The second-order valence-corrected chi connectivity index (χ2v) is 7.03. The zero-order valence-corrected chi connectivity index (χ0v) is 14.9. The van der Waals surface area contributed by atoms with E-state index in [4.69, 9.17) is 0 Å². The molecule has 0 atom stereocenters. The summed E-state index contributed by atoms with van der Waals surface area (Å²) in [5.74, 6) is 1.74. The van der Waals surface area contributed by atoms with Gasteiger partial charge >= 0.3 is 0 Å². The molecule has 1 aliphatic heterocycles. The Bertz CT molecular complexity index is 324. The molecule has 2 aliphatic rings. The summed E-state index contributed by atoms with van der Waals surface area (Å²) in [6, 6.07) is 1.47. The maximum Gasteiger partial charge on any atom is 0.191 e. The molecular formula is C18H36N4. The summed E-state index contributed by atoms with van der Waals surface area (Å²) in [7, 11) is 1.88. The molecule has 1 heterocycles. The number of aliphatic imine (C=N–C) groups is 1. The van der Waals surface area contributed by atoms with Crippen molar-refractivity contribution in [3.05, 3.63) is 0 Å². The zero-order chi connectivity index (χ0) is 15.8. The Hall–Kier alpha value is -0.770. The van der Waals surface area contributed by atoms with Gasteiger partial charge in [0.1, 0.15) is 0 Å². The Morgan fingerprint density at radius 2 is 1.73 bits per heavy atom. The first-order chi connectivity index (χ1) is 10.8. The largest absolute Gasteiger partial charge is 0.356 e. The van der Waals surface area contributed by atoms with Gasteiger partial charge in [-0.15, -0.1) is 0 Å². The maximum absolute atomic E-state index is 4.40. The van der Waals surface area contributed by atoms with Crippen molar-refractivity contribution >= 4 is 5.96 Å². The lowest BCUT2D eigenvalue weighted by atomic mass is 10.0. The van der Waals surface area contributed by atoms with Gasteiger partial charge in [-0.25, -0.2) is 0 Å². The SMILES string of the molecule is CCC(CC)CNC(=NC)NC1CCN(C2CCCC2)CC1. The van der Waals surface area contributed by atoms with Crippen molar-refractivity contribution in [3.63, 3.8) is 0 Å². The van der Waals surface area contributed by atoms with Crippen LogP contribution in [0.2, 0.25) is 0 Å². The van der Waals surface area contributed by atoms with Crippen LogP contribution < -0.4 is 10.6 Å². The van der Waals surface area contributed by atoms with E-state index in [1.54, 1.807) is 0 Å². The van der Waals surface area contributed by atoms with Crippen molar-refractivity contribution in [2.45, 2.75) is 77.3 Å². The van der Waals surface area contributed by atoms with Crippen molar-refractivity contribution in [3.8, 4) is 0 Å². The Morgan fingerprint density at radius 3 is 2.27 bits per heavy atom. The number of hydrogen-bond acceptors (Lipinski definition) is 2. The fraction of sp³-hybridized carbons (Fsp3) is 0.944. The molecule has 4 heteroatoms. The lowest BCUT2D eigenvalue weighted by Gasteiger charge is -2.36. The molecule has 2 rings (SSSR count). The molecule has 0 radical (unpaired) electrons. The van der Waals surface area contributed by atoms with Crippen LogP contribution in [-0.4, -0.2) is 49.6 Å². The van der Waals surface area contributed by atoms with Crippen LogP contribution in [0.3, 0.4) is 0 Å². The van der Waals surface area contributed by atoms with Gasteiger partial charge in [0.2, 0.25) is 0 Å². The molecule has 0 amide bonds. The van der Waals surface area contributed by atoms with Gasteiger partial charge in [-0.05, 0) is 31.6 Å². The van der Waals surface area contributed by atoms with Gasteiger partial charge in [-0.2, -0.15) is 0 Å². The topological polar surface area (TPSA) is 39.7 Å². The number of piperidine rings is 1. The first kappa shape index (κ1) is 17.6. The van der Waals surface area contributed by atoms with E-state index in [9.17, 15) is 0 Å². The average Bonchev–Trinajstić information content (AvgIpc) is 3.09. The van der Waals surface area contributed by atoms with E-state index in [1.165, 1.54) is 64.5 Å². The molecule has 0 aromatic carbocycles. The average molecular weight is 309 g/mol. The van der Waals surface area contributed by atoms with Crippen LogP contribution in [0.5, 0.6) is 0 Å². The molecular weight excluding hydrogens is 272 g/mol. The quantitative estimate of drug-likeness (QED) is 0.585. The smallest absolute Gasteiger partial charge is 0.191 e. The van der Waals surface area contributed by atoms with E-state index in [1.807, 2.05) is 7.05 Å².